The molecule has 0 unspecified atom stereocenters. The van der Waals surface area contributed by atoms with Crippen LogP contribution in [0, 0.1) is 0 Å². The molecule has 0 atom stereocenters. The van der Waals surface area contributed by atoms with Crippen molar-refractivity contribution in [1.29, 1.82) is 0 Å². The van der Waals surface area contributed by atoms with Gasteiger partial charge in [0.1, 0.15) is 5.65 Å². The van der Waals surface area contributed by atoms with Crippen molar-refractivity contribution in [2.45, 2.75) is 6.54 Å². The van der Waals surface area contributed by atoms with Gasteiger partial charge in [-0.15, -0.1) is 0 Å². The predicted molar refractivity (Wildman–Crippen MR) is 126 cm³/mol. The summed E-state index contributed by atoms with van der Waals surface area (Å²) >= 11 is 6.08. The predicted octanol–water partition coefficient (Wildman–Crippen LogP) is 3.51. The van der Waals surface area contributed by atoms with E-state index in [1.54, 1.807) is 10.6 Å². The lowest BCUT2D eigenvalue weighted by Gasteiger charge is -2.29. The number of aryl methyl sites for hydroxylation is 1. The van der Waals surface area contributed by atoms with Crippen LogP contribution in [0.1, 0.15) is 5.56 Å². The third-order valence-corrected chi connectivity index (χ3v) is 6.07. The minimum Gasteiger partial charge on any atom is -0.368 e. The zero-order valence-corrected chi connectivity index (χ0v) is 18.1. The van der Waals surface area contributed by atoms with E-state index in [1.165, 1.54) is 0 Å². The van der Waals surface area contributed by atoms with Crippen LogP contribution in [0.3, 0.4) is 0 Å². The largest absolute Gasteiger partial charge is 0.368 e. The van der Waals surface area contributed by atoms with Crippen molar-refractivity contribution >= 4 is 28.3 Å². The summed E-state index contributed by atoms with van der Waals surface area (Å²) in [5, 5.41) is 5.12. The fourth-order valence-electron chi connectivity index (χ4n) is 4.21. The number of fused-ring (bicyclic) bond motifs is 1. The second-order valence-electron chi connectivity index (χ2n) is 7.97. The SMILES string of the molecule is Cn1cc(-c2ccn(Cc3cccc(Cl)c3)c(=O)c2)c2cc(N3CCNCC3)cnc21. The van der Waals surface area contributed by atoms with Crippen LogP contribution in [0.2, 0.25) is 5.02 Å². The molecule has 1 N–H and O–H groups in total. The van der Waals surface area contributed by atoms with Crippen LogP contribution in [-0.4, -0.2) is 40.3 Å². The topological polar surface area (TPSA) is 55.1 Å². The Bertz CT molecular complexity index is 1300. The highest BCUT2D eigenvalue weighted by Gasteiger charge is 2.16. The van der Waals surface area contributed by atoms with E-state index in [0.29, 0.717) is 11.6 Å². The fourth-order valence-corrected chi connectivity index (χ4v) is 4.43. The quantitative estimate of drug-likeness (QED) is 0.535. The number of nitrogens with one attached hydrogen (secondary N) is 1. The molecule has 1 aliphatic rings. The first-order chi connectivity index (χ1) is 15.1. The summed E-state index contributed by atoms with van der Waals surface area (Å²) in [6.07, 6.45) is 5.85. The van der Waals surface area contributed by atoms with Crippen molar-refractivity contribution in [3.05, 3.63) is 82.0 Å². The highest BCUT2D eigenvalue weighted by molar-refractivity contribution is 6.30. The number of benzene rings is 1. The molecule has 0 aliphatic carbocycles. The highest BCUT2D eigenvalue weighted by Crippen LogP contribution is 2.31. The van der Waals surface area contributed by atoms with Gasteiger partial charge in [-0.1, -0.05) is 23.7 Å². The molecular weight excluding hydrogens is 410 g/mol. The standard InChI is InChI=1S/C24H24ClN5O/c1-28-16-22(21-13-20(14-27-24(21)28)29-9-6-26-7-10-29)18-5-8-30(23(31)12-18)15-17-3-2-4-19(25)11-17/h2-5,8,11-14,16,26H,6-7,9-10,15H2,1H3. The lowest BCUT2D eigenvalue weighted by molar-refractivity contribution is 0.589. The monoisotopic (exact) mass is 433 g/mol. The number of piperazine rings is 1. The molecule has 158 valence electrons. The molecule has 1 saturated heterocycles. The summed E-state index contributed by atoms with van der Waals surface area (Å²) in [4.78, 5) is 19.9. The minimum absolute atomic E-state index is 0.0410. The maximum Gasteiger partial charge on any atom is 0.251 e. The highest BCUT2D eigenvalue weighted by atomic mass is 35.5. The molecule has 7 heteroatoms. The number of hydrogen-bond acceptors (Lipinski definition) is 4. The molecule has 0 bridgehead atoms. The number of anilines is 1. The maximum absolute atomic E-state index is 12.9. The van der Waals surface area contributed by atoms with E-state index in [-0.39, 0.29) is 5.56 Å². The van der Waals surface area contributed by atoms with E-state index in [2.05, 4.69) is 22.5 Å². The van der Waals surface area contributed by atoms with E-state index >= 15 is 0 Å². The van der Waals surface area contributed by atoms with Crippen molar-refractivity contribution < 1.29 is 0 Å². The molecule has 1 aromatic carbocycles. The number of hydrogen-bond donors (Lipinski definition) is 1. The number of nitrogens with zero attached hydrogens (tertiary/aromatic N) is 4. The van der Waals surface area contributed by atoms with Gasteiger partial charge in [-0.05, 0) is 35.4 Å². The van der Waals surface area contributed by atoms with Crippen molar-refractivity contribution in [3.63, 3.8) is 0 Å². The Morgan fingerprint density at radius 2 is 1.97 bits per heavy atom. The summed E-state index contributed by atoms with van der Waals surface area (Å²) in [5.74, 6) is 0. The number of pyridine rings is 2. The molecule has 1 aliphatic heterocycles. The van der Waals surface area contributed by atoms with E-state index in [9.17, 15) is 4.79 Å². The van der Waals surface area contributed by atoms with E-state index in [0.717, 1.165) is 59.6 Å². The van der Waals surface area contributed by atoms with Crippen molar-refractivity contribution in [3.8, 4) is 11.1 Å². The average molecular weight is 434 g/mol. The molecule has 0 radical (unpaired) electrons. The molecular formula is C24H24ClN5O. The van der Waals surface area contributed by atoms with Gasteiger partial charge in [0, 0.05) is 67.7 Å². The molecule has 0 saturated carbocycles. The Kier molecular flexibility index (Phi) is 5.26. The van der Waals surface area contributed by atoms with Crippen LogP contribution >= 0.6 is 11.6 Å². The molecule has 1 fully saturated rings. The van der Waals surface area contributed by atoms with Crippen LogP contribution in [0.15, 0.2) is 65.8 Å². The normalized spacial score (nSPS) is 14.3. The maximum atomic E-state index is 12.9. The van der Waals surface area contributed by atoms with Gasteiger partial charge in [0.15, 0.2) is 0 Å². The summed E-state index contributed by atoms with van der Waals surface area (Å²) < 4.78 is 3.72. The van der Waals surface area contributed by atoms with Crippen LogP contribution in [-0.2, 0) is 13.6 Å². The Labute approximate surface area is 185 Å². The Morgan fingerprint density at radius 1 is 1.13 bits per heavy atom. The van der Waals surface area contributed by atoms with Gasteiger partial charge >= 0.3 is 0 Å². The van der Waals surface area contributed by atoms with Crippen molar-refractivity contribution in [2.75, 3.05) is 31.1 Å². The molecule has 31 heavy (non-hydrogen) atoms. The lowest BCUT2D eigenvalue weighted by Crippen LogP contribution is -2.43. The number of aromatic nitrogens is 3. The zero-order chi connectivity index (χ0) is 21.4. The third kappa shape index (κ3) is 3.96. The summed E-state index contributed by atoms with van der Waals surface area (Å²) in [5.41, 5.74) is 4.91. The fraction of sp³-hybridized carbons (Fsp3) is 0.250. The van der Waals surface area contributed by atoms with E-state index in [4.69, 9.17) is 16.6 Å². The Morgan fingerprint density at radius 3 is 2.74 bits per heavy atom. The molecule has 5 rings (SSSR count). The summed E-state index contributed by atoms with van der Waals surface area (Å²) in [6, 6.07) is 13.5. The molecule has 3 aromatic heterocycles. The van der Waals surface area contributed by atoms with Crippen LogP contribution in [0.4, 0.5) is 5.69 Å². The average Bonchev–Trinajstić information content (AvgIpc) is 3.12. The van der Waals surface area contributed by atoms with Gasteiger partial charge in [-0.25, -0.2) is 4.98 Å². The third-order valence-electron chi connectivity index (χ3n) is 5.83. The van der Waals surface area contributed by atoms with Gasteiger partial charge in [0.25, 0.3) is 5.56 Å². The van der Waals surface area contributed by atoms with E-state index in [1.807, 2.05) is 54.3 Å². The Balaban J connectivity index is 1.51. The van der Waals surface area contributed by atoms with Gasteiger partial charge in [0.05, 0.1) is 18.4 Å². The number of rotatable bonds is 4. The number of halogens is 1. The van der Waals surface area contributed by atoms with Crippen molar-refractivity contribution in [1.82, 2.24) is 19.4 Å². The summed E-state index contributed by atoms with van der Waals surface area (Å²) in [6.45, 7) is 4.38. The van der Waals surface area contributed by atoms with E-state index < -0.39 is 0 Å². The first-order valence-electron chi connectivity index (χ1n) is 10.4. The van der Waals surface area contributed by atoms with Crippen molar-refractivity contribution in [2.24, 2.45) is 7.05 Å². The second kappa shape index (κ2) is 8.21. The lowest BCUT2D eigenvalue weighted by atomic mass is 10.1. The van der Waals surface area contributed by atoms with Crippen LogP contribution in [0.5, 0.6) is 0 Å². The van der Waals surface area contributed by atoms with Gasteiger partial charge in [-0.3, -0.25) is 4.79 Å². The molecule has 6 nitrogen and oxygen atoms in total. The molecule has 0 spiro atoms. The molecule has 4 aromatic rings. The Hall–Kier alpha value is -3.09. The van der Waals surface area contributed by atoms with Gasteiger partial charge in [0.2, 0.25) is 0 Å². The minimum atomic E-state index is -0.0410. The van der Waals surface area contributed by atoms with Crippen LogP contribution < -0.4 is 15.8 Å². The second-order valence-corrected chi connectivity index (χ2v) is 8.40. The smallest absolute Gasteiger partial charge is 0.251 e. The van der Waals surface area contributed by atoms with Crippen LogP contribution in [0.25, 0.3) is 22.2 Å². The summed E-state index contributed by atoms with van der Waals surface area (Å²) in [7, 11) is 1.99. The van der Waals surface area contributed by atoms with Gasteiger partial charge in [-0.2, -0.15) is 0 Å². The molecule has 4 heterocycles. The zero-order valence-electron chi connectivity index (χ0n) is 17.4. The van der Waals surface area contributed by atoms with Gasteiger partial charge < -0.3 is 19.4 Å². The first kappa shape index (κ1) is 19.8. The molecule has 0 amide bonds. The first-order valence-corrected chi connectivity index (χ1v) is 10.8.